The van der Waals surface area contributed by atoms with Crippen LogP contribution in [0, 0.1) is 23.3 Å². The summed E-state index contributed by atoms with van der Waals surface area (Å²) in [5.41, 5.74) is -3.97. The average molecular weight is 847 g/mol. The monoisotopic (exact) mass is 846 g/mol. The highest BCUT2D eigenvalue weighted by Crippen LogP contribution is 2.52. The molecule has 0 N–H and O–H groups in total. The van der Waals surface area contributed by atoms with Gasteiger partial charge in [-0.3, -0.25) is 0 Å². The summed E-state index contributed by atoms with van der Waals surface area (Å²) in [6.07, 6.45) is 3.51. The Morgan fingerprint density at radius 3 is 1.25 bits per heavy atom. The number of benzene rings is 4. The number of hydrogen-bond donors (Lipinski definition) is 0. The van der Waals surface area contributed by atoms with Gasteiger partial charge in [-0.05, 0) is 60.4 Å². The average Bonchev–Trinajstić information content (AvgIpc) is 3.43. The second kappa shape index (κ2) is 17.7. The summed E-state index contributed by atoms with van der Waals surface area (Å²) < 4.78 is 84.3. The van der Waals surface area contributed by atoms with Crippen LogP contribution in [0.1, 0.15) is 58.5 Å². The molecule has 0 aromatic heterocycles. The molecule has 0 fully saturated rings. The predicted octanol–water partition coefficient (Wildman–Crippen LogP) is 9.06. The van der Waals surface area contributed by atoms with Crippen LogP contribution in [0.5, 0.6) is 11.5 Å². The zero-order valence-corrected chi connectivity index (χ0v) is 35.9. The fourth-order valence-corrected chi connectivity index (χ4v) is 12.0. The summed E-state index contributed by atoms with van der Waals surface area (Å²) in [5, 5.41) is 2.05. The first kappa shape index (κ1) is 44.5. The molecule has 0 atom stereocenters. The second-order valence-electron chi connectivity index (χ2n) is 16.1. The van der Waals surface area contributed by atoms with E-state index in [1.807, 2.05) is 0 Å². The summed E-state index contributed by atoms with van der Waals surface area (Å²) in [4.78, 5) is 49.3. The number of carbonyl (C=O) groups excluding carboxylic acids is 4. The van der Waals surface area contributed by atoms with E-state index in [4.69, 9.17) is 18.9 Å². The highest BCUT2D eigenvalue weighted by Gasteiger charge is 2.44. The van der Waals surface area contributed by atoms with Crippen LogP contribution in [0.4, 0.5) is 17.6 Å². The van der Waals surface area contributed by atoms with Crippen molar-refractivity contribution in [2.24, 2.45) is 0 Å². The molecule has 0 radical (unpaired) electrons. The smallest absolute Gasteiger partial charge is 0.346 e. The number of esters is 4. The van der Waals surface area contributed by atoms with E-state index in [1.165, 1.54) is 0 Å². The number of rotatable bonds is 16. The quantitative estimate of drug-likeness (QED) is 0.0275. The Morgan fingerprint density at radius 2 is 0.932 bits per heavy atom. The Bertz CT molecular complexity index is 2160. The molecule has 0 saturated carbocycles. The van der Waals surface area contributed by atoms with E-state index in [2.05, 4.69) is 39.3 Å². The molecular weight excluding hydrogens is 801 g/mol. The van der Waals surface area contributed by atoms with Gasteiger partial charge in [-0.25, -0.2) is 36.7 Å². The van der Waals surface area contributed by atoms with Crippen molar-refractivity contribution in [3.05, 3.63) is 131 Å². The van der Waals surface area contributed by atoms with Gasteiger partial charge in [0, 0.05) is 28.7 Å². The van der Waals surface area contributed by atoms with Gasteiger partial charge >= 0.3 is 23.9 Å². The van der Waals surface area contributed by atoms with Crippen LogP contribution in [0.15, 0.2) is 86.0 Å². The third-order valence-corrected chi connectivity index (χ3v) is 17.9. The minimum absolute atomic E-state index is 0.00901. The molecule has 59 heavy (non-hydrogen) atoms. The number of ether oxygens (including phenoxy) is 4. The fraction of sp³-hybridized carbons (Fsp3) is 0.289. The van der Waals surface area contributed by atoms with Gasteiger partial charge in [0.1, 0.15) is 11.5 Å². The Morgan fingerprint density at radius 1 is 0.593 bits per heavy atom. The zero-order valence-electron chi connectivity index (χ0n) is 33.9. The molecule has 0 aliphatic heterocycles. The minimum atomic E-state index is -1.99. The van der Waals surface area contributed by atoms with E-state index < -0.39 is 91.0 Å². The normalized spacial score (nSPS) is 12.8. The first-order valence-corrected chi connectivity index (χ1v) is 25.4. The van der Waals surface area contributed by atoms with Crippen LogP contribution in [0.3, 0.4) is 0 Å². The SMILES string of the molecule is C=CC(=O)OCCC[Si](C)(C)c1ccc(OC(=O)c2cc3c(c(F)c2F)-c2c(cc(C(=O)Oc4ccc([Si](C)(C)CCCOC(=O)C=C)cc4)c(F)c2F)C3(C)C)cc1. The molecule has 0 heterocycles. The summed E-state index contributed by atoms with van der Waals surface area (Å²) in [7, 11) is -3.97. The molecule has 310 valence electrons. The van der Waals surface area contributed by atoms with Gasteiger partial charge in [-0.15, -0.1) is 0 Å². The molecule has 8 nitrogen and oxygen atoms in total. The first-order valence-electron chi connectivity index (χ1n) is 19.0. The molecule has 1 aliphatic carbocycles. The van der Waals surface area contributed by atoms with Gasteiger partial charge in [0.15, 0.2) is 23.3 Å². The van der Waals surface area contributed by atoms with Crippen molar-refractivity contribution in [3.63, 3.8) is 0 Å². The lowest BCUT2D eigenvalue weighted by atomic mass is 9.81. The Hall–Kier alpha value is -5.61. The van der Waals surface area contributed by atoms with E-state index in [9.17, 15) is 19.2 Å². The van der Waals surface area contributed by atoms with Gasteiger partial charge in [0.25, 0.3) is 0 Å². The number of carbonyl (C=O) groups is 4. The molecule has 0 spiro atoms. The maximum Gasteiger partial charge on any atom is 0.346 e. The maximum absolute atomic E-state index is 16.0. The van der Waals surface area contributed by atoms with Crippen LogP contribution in [0.2, 0.25) is 38.3 Å². The zero-order chi connectivity index (χ0) is 43.4. The van der Waals surface area contributed by atoms with Crippen LogP contribution in [-0.4, -0.2) is 53.2 Å². The first-order chi connectivity index (χ1) is 27.7. The lowest BCUT2D eigenvalue weighted by molar-refractivity contribution is -0.138. The molecular formula is C45H46F4O8Si2. The van der Waals surface area contributed by atoms with E-state index in [-0.39, 0.29) is 35.8 Å². The van der Waals surface area contributed by atoms with Crippen molar-refractivity contribution in [2.75, 3.05) is 13.2 Å². The largest absolute Gasteiger partial charge is 0.463 e. The van der Waals surface area contributed by atoms with Gasteiger partial charge < -0.3 is 18.9 Å². The molecule has 5 rings (SSSR count). The highest BCUT2D eigenvalue weighted by atomic mass is 28.3. The van der Waals surface area contributed by atoms with E-state index in [0.717, 1.165) is 46.7 Å². The van der Waals surface area contributed by atoms with Crippen LogP contribution in [0.25, 0.3) is 11.1 Å². The van der Waals surface area contributed by atoms with Crippen LogP contribution < -0.4 is 19.8 Å². The molecule has 4 aromatic carbocycles. The fourth-order valence-electron chi connectivity index (χ4n) is 7.22. The van der Waals surface area contributed by atoms with Crippen molar-refractivity contribution in [1.82, 2.24) is 0 Å². The van der Waals surface area contributed by atoms with Crippen molar-refractivity contribution in [2.45, 2.75) is 70.4 Å². The second-order valence-corrected chi connectivity index (χ2v) is 25.8. The lowest BCUT2D eigenvalue weighted by Crippen LogP contribution is -2.41. The third-order valence-electron chi connectivity index (χ3n) is 10.9. The molecule has 4 aromatic rings. The van der Waals surface area contributed by atoms with Crippen molar-refractivity contribution in [3.8, 4) is 22.6 Å². The topological polar surface area (TPSA) is 105 Å². The number of fused-ring (bicyclic) bond motifs is 3. The predicted molar refractivity (Wildman–Crippen MR) is 222 cm³/mol. The molecule has 0 saturated heterocycles. The molecule has 0 amide bonds. The van der Waals surface area contributed by atoms with E-state index in [0.29, 0.717) is 12.8 Å². The van der Waals surface area contributed by atoms with Gasteiger partial charge in [0.2, 0.25) is 0 Å². The Kier molecular flexibility index (Phi) is 13.4. The molecule has 1 aliphatic rings. The van der Waals surface area contributed by atoms with Gasteiger partial charge in [-0.2, -0.15) is 0 Å². The van der Waals surface area contributed by atoms with Crippen molar-refractivity contribution >= 4 is 50.4 Å². The molecule has 14 heteroatoms. The van der Waals surface area contributed by atoms with E-state index >= 15 is 17.6 Å². The standard InChI is InChI=1S/C45H46F4O8Si2/c1-9-35(50)54-21-11-23-58(5,6)29-17-13-27(14-18-29)56-43(52)31-25-33-37(41(48)39(31)46)38-34(45(33,3)4)26-32(40(47)42(38)49)44(53)57-28-15-19-30(20-16-28)59(7,8)24-12-22-55-36(51)10-2/h9-10,13-20,25-26H,1-2,11-12,21-24H2,3-8H3. The van der Waals surface area contributed by atoms with Crippen molar-refractivity contribution in [1.29, 1.82) is 0 Å². The lowest BCUT2D eigenvalue weighted by Gasteiger charge is -2.23. The number of halogens is 4. The summed E-state index contributed by atoms with van der Waals surface area (Å²) >= 11 is 0. The number of hydrogen-bond acceptors (Lipinski definition) is 8. The van der Waals surface area contributed by atoms with Crippen molar-refractivity contribution < 1.29 is 55.7 Å². The minimum Gasteiger partial charge on any atom is -0.463 e. The van der Waals surface area contributed by atoms with Gasteiger partial charge in [0.05, 0.1) is 40.5 Å². The van der Waals surface area contributed by atoms with Crippen LogP contribution in [-0.2, 0) is 24.5 Å². The van der Waals surface area contributed by atoms with Crippen LogP contribution >= 0.6 is 0 Å². The molecule has 0 bridgehead atoms. The summed E-state index contributed by atoms with van der Waals surface area (Å²) in [6.45, 7) is 18.9. The highest BCUT2D eigenvalue weighted by molar-refractivity contribution is 6.90. The Labute approximate surface area is 342 Å². The third kappa shape index (κ3) is 9.49. The molecule has 0 unspecified atom stereocenters. The summed E-state index contributed by atoms with van der Waals surface area (Å²) in [5.74, 6) is -9.57. The maximum atomic E-state index is 16.0. The van der Waals surface area contributed by atoms with Gasteiger partial charge in [-0.1, -0.05) is 99.9 Å². The summed E-state index contributed by atoms with van der Waals surface area (Å²) in [6, 6.07) is 17.1. The van der Waals surface area contributed by atoms with E-state index in [1.54, 1.807) is 62.4 Å². The Balaban J connectivity index is 1.33.